The van der Waals surface area contributed by atoms with Crippen molar-refractivity contribution in [2.75, 3.05) is 52.5 Å². The Hall–Kier alpha value is -0.370. The van der Waals surface area contributed by atoms with Crippen LogP contribution in [0.25, 0.3) is 0 Å². The summed E-state index contributed by atoms with van der Waals surface area (Å²) in [4.78, 5) is 3.52. The monoisotopic (exact) mass is 284 g/mol. The lowest BCUT2D eigenvalue weighted by Crippen LogP contribution is -2.51. The third-order valence-electron chi connectivity index (χ3n) is 2.98. The van der Waals surface area contributed by atoms with Crippen molar-refractivity contribution in [1.82, 2.24) is 9.80 Å². The van der Waals surface area contributed by atoms with Crippen LogP contribution in [-0.4, -0.2) is 74.7 Å². The fourth-order valence-corrected chi connectivity index (χ4v) is 2.12. The number of piperazine rings is 1. The van der Waals surface area contributed by atoms with Crippen molar-refractivity contribution in [3.05, 3.63) is 0 Å². The Morgan fingerprint density at radius 1 is 0.947 bits per heavy atom. The van der Waals surface area contributed by atoms with Crippen molar-refractivity contribution in [1.29, 1.82) is 0 Å². The lowest BCUT2D eigenvalue weighted by Gasteiger charge is -2.36. The zero-order valence-corrected chi connectivity index (χ0v) is 11.6. The Bertz CT molecular complexity index is 238. The second-order valence-electron chi connectivity index (χ2n) is 4.53. The highest BCUT2D eigenvalue weighted by Crippen LogP contribution is 2.17. The molecule has 1 rings (SSSR count). The van der Waals surface area contributed by atoms with Crippen LogP contribution >= 0.6 is 0 Å². The van der Waals surface area contributed by atoms with Gasteiger partial charge in [-0.15, -0.1) is 0 Å². The summed E-state index contributed by atoms with van der Waals surface area (Å²) in [6, 6.07) is 0. The highest BCUT2D eigenvalue weighted by molar-refractivity contribution is 4.74. The van der Waals surface area contributed by atoms with Gasteiger partial charge in [0.1, 0.15) is 0 Å². The molecule has 4 nitrogen and oxygen atoms in total. The summed E-state index contributed by atoms with van der Waals surface area (Å²) in [6.45, 7) is 6.83. The van der Waals surface area contributed by atoms with Crippen molar-refractivity contribution in [3.63, 3.8) is 0 Å². The molecule has 1 aliphatic heterocycles. The van der Waals surface area contributed by atoms with Crippen molar-refractivity contribution < 1.29 is 22.6 Å². The Labute approximate surface area is 112 Å². The third kappa shape index (κ3) is 7.10. The van der Waals surface area contributed by atoms with E-state index in [2.05, 4.69) is 4.90 Å². The van der Waals surface area contributed by atoms with Crippen LogP contribution in [0, 0.1) is 0 Å². The number of rotatable bonds is 7. The Morgan fingerprint density at radius 2 is 1.42 bits per heavy atom. The Morgan fingerprint density at radius 3 is 1.84 bits per heavy atom. The van der Waals surface area contributed by atoms with Gasteiger partial charge in [0.15, 0.2) is 6.29 Å². The second kappa shape index (κ2) is 8.04. The van der Waals surface area contributed by atoms with Gasteiger partial charge in [-0.1, -0.05) is 0 Å². The molecule has 0 N–H and O–H groups in total. The standard InChI is InChI=1S/C12H23F3N2O2/c1-3-18-11(19-4-2)9-16-5-7-17(8-6-16)10-12(13,14)15/h11H,3-10H2,1-2H3. The summed E-state index contributed by atoms with van der Waals surface area (Å²) in [5.74, 6) is 0. The quantitative estimate of drug-likeness (QED) is 0.663. The highest BCUT2D eigenvalue weighted by Gasteiger charge is 2.32. The maximum Gasteiger partial charge on any atom is 0.401 e. The predicted octanol–water partition coefficient (Wildman–Crippen LogP) is 1.57. The van der Waals surface area contributed by atoms with E-state index in [1.54, 1.807) is 0 Å². The van der Waals surface area contributed by atoms with Gasteiger partial charge in [-0.2, -0.15) is 13.2 Å². The van der Waals surface area contributed by atoms with Crippen LogP contribution in [0.5, 0.6) is 0 Å². The smallest absolute Gasteiger partial charge is 0.352 e. The summed E-state index contributed by atoms with van der Waals surface area (Å²) in [5.41, 5.74) is 0. The summed E-state index contributed by atoms with van der Waals surface area (Å²) in [6.07, 6.45) is -4.40. The summed E-state index contributed by atoms with van der Waals surface area (Å²) < 4.78 is 47.6. The molecule has 0 radical (unpaired) electrons. The van der Waals surface area contributed by atoms with E-state index in [4.69, 9.17) is 9.47 Å². The van der Waals surface area contributed by atoms with E-state index in [0.29, 0.717) is 45.9 Å². The molecule has 1 heterocycles. The van der Waals surface area contributed by atoms with Crippen LogP contribution in [0.1, 0.15) is 13.8 Å². The molecule has 0 aromatic carbocycles. The van der Waals surface area contributed by atoms with E-state index in [0.717, 1.165) is 0 Å². The normalized spacial score (nSPS) is 19.3. The topological polar surface area (TPSA) is 24.9 Å². The zero-order valence-electron chi connectivity index (χ0n) is 11.6. The van der Waals surface area contributed by atoms with Crippen LogP contribution in [0.4, 0.5) is 13.2 Å². The molecule has 0 spiro atoms. The molecule has 7 heteroatoms. The minimum absolute atomic E-state index is 0.288. The molecule has 0 bridgehead atoms. The van der Waals surface area contributed by atoms with Crippen LogP contribution < -0.4 is 0 Å². The van der Waals surface area contributed by atoms with Crippen molar-refractivity contribution in [2.24, 2.45) is 0 Å². The van der Waals surface area contributed by atoms with Gasteiger partial charge in [-0.3, -0.25) is 9.80 Å². The molecule has 0 aromatic heterocycles. The van der Waals surface area contributed by atoms with E-state index in [-0.39, 0.29) is 6.29 Å². The number of ether oxygens (including phenoxy) is 2. The minimum atomic E-state index is -4.11. The zero-order chi connectivity index (χ0) is 14.3. The first-order valence-electron chi connectivity index (χ1n) is 6.69. The van der Waals surface area contributed by atoms with Gasteiger partial charge in [0, 0.05) is 45.9 Å². The van der Waals surface area contributed by atoms with Gasteiger partial charge in [0.2, 0.25) is 0 Å². The number of halogens is 3. The third-order valence-corrected chi connectivity index (χ3v) is 2.98. The fourth-order valence-electron chi connectivity index (χ4n) is 2.12. The van der Waals surface area contributed by atoms with Crippen molar-refractivity contribution in [3.8, 4) is 0 Å². The largest absolute Gasteiger partial charge is 0.401 e. The Balaban J connectivity index is 2.28. The van der Waals surface area contributed by atoms with Gasteiger partial charge in [0.05, 0.1) is 6.54 Å². The molecule has 1 saturated heterocycles. The van der Waals surface area contributed by atoms with E-state index in [1.807, 2.05) is 13.8 Å². The van der Waals surface area contributed by atoms with Gasteiger partial charge >= 0.3 is 6.18 Å². The lowest BCUT2D eigenvalue weighted by molar-refractivity contribution is -0.160. The maximum absolute atomic E-state index is 12.3. The molecular weight excluding hydrogens is 261 g/mol. The van der Waals surface area contributed by atoms with Crippen molar-refractivity contribution in [2.45, 2.75) is 26.3 Å². The molecule has 0 aliphatic carbocycles. The van der Waals surface area contributed by atoms with E-state index in [1.165, 1.54) is 4.90 Å². The van der Waals surface area contributed by atoms with Crippen molar-refractivity contribution >= 4 is 0 Å². The van der Waals surface area contributed by atoms with E-state index in [9.17, 15) is 13.2 Å². The average molecular weight is 284 g/mol. The minimum Gasteiger partial charge on any atom is -0.352 e. The highest BCUT2D eigenvalue weighted by atomic mass is 19.4. The van der Waals surface area contributed by atoms with Crippen LogP contribution in [0.2, 0.25) is 0 Å². The van der Waals surface area contributed by atoms with Gasteiger partial charge < -0.3 is 9.47 Å². The van der Waals surface area contributed by atoms with E-state index < -0.39 is 12.7 Å². The maximum atomic E-state index is 12.3. The van der Waals surface area contributed by atoms with Crippen LogP contribution in [-0.2, 0) is 9.47 Å². The number of nitrogens with zero attached hydrogens (tertiary/aromatic N) is 2. The number of alkyl halides is 3. The first-order valence-corrected chi connectivity index (χ1v) is 6.69. The molecule has 0 atom stereocenters. The number of hydrogen-bond donors (Lipinski definition) is 0. The first-order chi connectivity index (χ1) is 8.94. The fraction of sp³-hybridized carbons (Fsp3) is 1.00. The molecule has 114 valence electrons. The van der Waals surface area contributed by atoms with Crippen LogP contribution in [0.15, 0.2) is 0 Å². The molecule has 0 aromatic rings. The van der Waals surface area contributed by atoms with Crippen LogP contribution in [0.3, 0.4) is 0 Å². The molecule has 0 saturated carbocycles. The Kier molecular flexibility index (Phi) is 7.06. The van der Waals surface area contributed by atoms with E-state index >= 15 is 0 Å². The van der Waals surface area contributed by atoms with Gasteiger partial charge in [0.25, 0.3) is 0 Å². The first kappa shape index (κ1) is 16.7. The number of hydrogen-bond acceptors (Lipinski definition) is 4. The molecule has 1 aliphatic rings. The SMILES string of the molecule is CCOC(CN1CCN(CC(F)(F)F)CC1)OCC. The molecule has 1 fully saturated rings. The summed E-state index contributed by atoms with van der Waals surface area (Å²) in [5, 5.41) is 0. The molecule has 0 amide bonds. The summed E-state index contributed by atoms with van der Waals surface area (Å²) in [7, 11) is 0. The molecular formula is C12H23F3N2O2. The van der Waals surface area contributed by atoms with Gasteiger partial charge in [-0.05, 0) is 13.8 Å². The lowest BCUT2D eigenvalue weighted by atomic mass is 10.3. The van der Waals surface area contributed by atoms with Gasteiger partial charge in [-0.25, -0.2) is 0 Å². The summed E-state index contributed by atoms with van der Waals surface area (Å²) >= 11 is 0. The predicted molar refractivity (Wildman–Crippen MR) is 66.0 cm³/mol. The average Bonchev–Trinajstić information content (AvgIpc) is 2.30. The molecule has 0 unspecified atom stereocenters. The second-order valence-corrected chi connectivity index (χ2v) is 4.53. The molecule has 19 heavy (non-hydrogen) atoms.